The zero-order valence-electron chi connectivity index (χ0n) is 11.3. The molecule has 0 saturated heterocycles. The maximum atomic E-state index is 12.2. The van der Waals surface area contributed by atoms with E-state index in [4.69, 9.17) is 4.52 Å². The van der Waals surface area contributed by atoms with Gasteiger partial charge in [0.15, 0.2) is 5.82 Å². The third-order valence-electron chi connectivity index (χ3n) is 2.58. The molecule has 20 heavy (non-hydrogen) atoms. The molecule has 0 atom stereocenters. The summed E-state index contributed by atoms with van der Waals surface area (Å²) in [5, 5.41) is 6.61. The number of aromatic nitrogens is 2. The van der Waals surface area contributed by atoms with Gasteiger partial charge in [-0.05, 0) is 24.7 Å². The van der Waals surface area contributed by atoms with Crippen LogP contribution in [0.15, 0.2) is 33.7 Å². The third-order valence-corrected chi connectivity index (χ3v) is 3.98. The van der Waals surface area contributed by atoms with E-state index in [0.717, 1.165) is 5.56 Å². The zero-order chi connectivity index (χ0) is 14.6. The van der Waals surface area contributed by atoms with Gasteiger partial charge in [0.05, 0.1) is 11.4 Å². The fraction of sp³-hybridized carbons (Fsp3) is 0.333. The summed E-state index contributed by atoms with van der Waals surface area (Å²) in [7, 11) is -1.79. The van der Waals surface area contributed by atoms with Crippen LogP contribution in [0.3, 0.4) is 0 Å². The number of rotatable bonds is 6. The van der Waals surface area contributed by atoms with E-state index in [-0.39, 0.29) is 11.4 Å². The van der Waals surface area contributed by atoms with E-state index in [9.17, 15) is 8.42 Å². The molecule has 1 aromatic heterocycles. The predicted octanol–water partition coefficient (Wildman–Crippen LogP) is 0.576. The van der Waals surface area contributed by atoms with Gasteiger partial charge in [0.2, 0.25) is 15.9 Å². The molecule has 108 valence electrons. The molecule has 0 amide bonds. The van der Waals surface area contributed by atoms with Crippen LogP contribution in [-0.2, 0) is 23.1 Å². The first kappa shape index (κ1) is 14.6. The van der Waals surface area contributed by atoms with Crippen molar-refractivity contribution in [3.05, 3.63) is 41.5 Å². The van der Waals surface area contributed by atoms with Gasteiger partial charge < -0.3 is 9.84 Å². The highest BCUT2D eigenvalue weighted by molar-refractivity contribution is 7.89. The summed E-state index contributed by atoms with van der Waals surface area (Å²) in [6.45, 7) is 2.25. The summed E-state index contributed by atoms with van der Waals surface area (Å²) in [6, 6.07) is 6.74. The minimum atomic E-state index is -3.59. The summed E-state index contributed by atoms with van der Waals surface area (Å²) < 4.78 is 31.5. The van der Waals surface area contributed by atoms with E-state index < -0.39 is 10.0 Å². The van der Waals surface area contributed by atoms with Crippen molar-refractivity contribution in [3.63, 3.8) is 0 Å². The molecule has 0 radical (unpaired) electrons. The van der Waals surface area contributed by atoms with E-state index in [1.807, 2.05) is 6.07 Å². The van der Waals surface area contributed by atoms with Crippen molar-refractivity contribution in [3.8, 4) is 0 Å². The standard InChI is InChI=1S/C12H16N4O3S/c1-9-15-12(16-19-9)8-14-20(17,18)11-5-3-4-10(6-11)7-13-2/h3-6,13-14H,7-8H2,1-2H3. The van der Waals surface area contributed by atoms with Gasteiger partial charge in [-0.25, -0.2) is 13.1 Å². The zero-order valence-corrected chi connectivity index (χ0v) is 12.1. The first-order valence-electron chi connectivity index (χ1n) is 6.03. The van der Waals surface area contributed by atoms with Crippen LogP contribution < -0.4 is 10.0 Å². The lowest BCUT2D eigenvalue weighted by molar-refractivity contribution is 0.387. The van der Waals surface area contributed by atoms with Crippen molar-refractivity contribution < 1.29 is 12.9 Å². The number of nitrogens with one attached hydrogen (secondary N) is 2. The van der Waals surface area contributed by atoms with Crippen molar-refractivity contribution in [2.75, 3.05) is 7.05 Å². The summed E-state index contributed by atoms with van der Waals surface area (Å²) >= 11 is 0. The molecular weight excluding hydrogens is 280 g/mol. The van der Waals surface area contributed by atoms with Gasteiger partial charge in [0.1, 0.15) is 0 Å². The van der Waals surface area contributed by atoms with Crippen molar-refractivity contribution in [2.45, 2.75) is 24.9 Å². The van der Waals surface area contributed by atoms with Crippen LogP contribution in [0.1, 0.15) is 17.3 Å². The Labute approximate surface area is 117 Å². The van der Waals surface area contributed by atoms with Crippen LogP contribution in [0.2, 0.25) is 0 Å². The van der Waals surface area contributed by atoms with Crippen molar-refractivity contribution in [1.29, 1.82) is 0 Å². The van der Waals surface area contributed by atoms with Gasteiger partial charge in [-0.1, -0.05) is 17.3 Å². The lowest BCUT2D eigenvalue weighted by Gasteiger charge is -2.07. The van der Waals surface area contributed by atoms with E-state index in [1.165, 1.54) is 0 Å². The molecule has 1 heterocycles. The number of nitrogens with zero attached hydrogens (tertiary/aromatic N) is 2. The van der Waals surface area contributed by atoms with Gasteiger partial charge in [0.25, 0.3) is 0 Å². The minimum Gasteiger partial charge on any atom is -0.340 e. The second-order valence-electron chi connectivity index (χ2n) is 4.23. The fourth-order valence-electron chi connectivity index (χ4n) is 1.68. The van der Waals surface area contributed by atoms with E-state index in [0.29, 0.717) is 18.3 Å². The Morgan fingerprint density at radius 3 is 2.75 bits per heavy atom. The SMILES string of the molecule is CNCc1cccc(S(=O)(=O)NCc2noc(C)n2)c1. The van der Waals surface area contributed by atoms with E-state index in [1.54, 1.807) is 32.2 Å². The molecule has 0 aliphatic rings. The molecule has 0 spiro atoms. The van der Waals surface area contributed by atoms with E-state index >= 15 is 0 Å². The second kappa shape index (κ2) is 6.12. The highest BCUT2D eigenvalue weighted by Crippen LogP contribution is 2.11. The number of hydrogen-bond donors (Lipinski definition) is 2. The largest absolute Gasteiger partial charge is 0.340 e. The Bertz CT molecular complexity index is 682. The monoisotopic (exact) mass is 296 g/mol. The average Bonchev–Trinajstić information content (AvgIpc) is 2.83. The molecule has 0 saturated carbocycles. The second-order valence-corrected chi connectivity index (χ2v) is 6.00. The van der Waals surface area contributed by atoms with Crippen molar-refractivity contribution >= 4 is 10.0 Å². The maximum absolute atomic E-state index is 12.2. The summed E-state index contributed by atoms with van der Waals surface area (Å²) in [5.74, 6) is 0.702. The Hall–Kier alpha value is -1.77. The Morgan fingerprint density at radius 2 is 2.10 bits per heavy atom. The van der Waals surface area contributed by atoms with Crippen LogP contribution in [0.4, 0.5) is 0 Å². The quantitative estimate of drug-likeness (QED) is 0.809. The lowest BCUT2D eigenvalue weighted by atomic mass is 10.2. The van der Waals surface area contributed by atoms with Gasteiger partial charge >= 0.3 is 0 Å². The maximum Gasteiger partial charge on any atom is 0.240 e. The van der Waals surface area contributed by atoms with Crippen LogP contribution in [0.5, 0.6) is 0 Å². The molecule has 0 bridgehead atoms. The van der Waals surface area contributed by atoms with Gasteiger partial charge in [-0.15, -0.1) is 0 Å². The smallest absolute Gasteiger partial charge is 0.240 e. The molecule has 0 unspecified atom stereocenters. The normalized spacial score (nSPS) is 11.7. The number of benzene rings is 1. The lowest BCUT2D eigenvalue weighted by Crippen LogP contribution is -2.24. The number of hydrogen-bond acceptors (Lipinski definition) is 6. The molecule has 0 aliphatic heterocycles. The Kier molecular flexibility index (Phi) is 4.48. The first-order chi connectivity index (χ1) is 9.51. The molecule has 8 heteroatoms. The van der Waals surface area contributed by atoms with E-state index in [2.05, 4.69) is 20.2 Å². The van der Waals surface area contributed by atoms with Crippen LogP contribution in [0, 0.1) is 6.92 Å². The van der Waals surface area contributed by atoms with Gasteiger partial charge in [-0.3, -0.25) is 0 Å². The van der Waals surface area contributed by atoms with Crippen LogP contribution >= 0.6 is 0 Å². The molecule has 0 aliphatic carbocycles. The van der Waals surface area contributed by atoms with Crippen LogP contribution in [0.25, 0.3) is 0 Å². The summed E-state index contributed by atoms with van der Waals surface area (Å²) in [4.78, 5) is 4.15. The average molecular weight is 296 g/mol. The molecule has 7 nitrogen and oxygen atoms in total. The molecule has 2 rings (SSSR count). The topological polar surface area (TPSA) is 97.1 Å². The Morgan fingerprint density at radius 1 is 1.30 bits per heavy atom. The minimum absolute atomic E-state index is 0.00404. The molecule has 0 fully saturated rings. The first-order valence-corrected chi connectivity index (χ1v) is 7.52. The molecule has 2 N–H and O–H groups in total. The number of sulfonamides is 1. The number of aryl methyl sites for hydroxylation is 1. The fourth-order valence-corrected chi connectivity index (χ4v) is 2.73. The third kappa shape index (κ3) is 3.62. The molecule has 2 aromatic rings. The summed E-state index contributed by atoms with van der Waals surface area (Å²) in [6.07, 6.45) is 0. The Balaban J connectivity index is 2.11. The highest BCUT2D eigenvalue weighted by Gasteiger charge is 2.15. The molecule has 1 aromatic carbocycles. The van der Waals surface area contributed by atoms with Crippen molar-refractivity contribution in [1.82, 2.24) is 20.2 Å². The van der Waals surface area contributed by atoms with Crippen molar-refractivity contribution in [2.24, 2.45) is 0 Å². The molecular formula is C12H16N4O3S. The summed E-state index contributed by atoms with van der Waals surface area (Å²) in [5.41, 5.74) is 0.894. The predicted molar refractivity (Wildman–Crippen MR) is 72.3 cm³/mol. The highest BCUT2D eigenvalue weighted by atomic mass is 32.2. The van der Waals surface area contributed by atoms with Gasteiger partial charge in [-0.2, -0.15) is 4.98 Å². The van der Waals surface area contributed by atoms with Gasteiger partial charge in [0, 0.05) is 13.5 Å². The van der Waals surface area contributed by atoms with Crippen LogP contribution in [-0.4, -0.2) is 25.6 Å².